The molecule has 3 N–H and O–H groups in total. The van der Waals surface area contributed by atoms with Crippen LogP contribution in [-0.2, 0) is 65.4 Å². The number of phosphoric ester groups is 2. The zero-order valence-corrected chi connectivity index (χ0v) is 66.6. The number of carbonyl (C=O) groups is 4. The van der Waals surface area contributed by atoms with Gasteiger partial charge in [-0.05, 0) is 37.5 Å². The van der Waals surface area contributed by atoms with E-state index in [1.807, 2.05) is 0 Å². The molecule has 0 bridgehead atoms. The van der Waals surface area contributed by atoms with Crippen LogP contribution >= 0.6 is 15.6 Å². The maximum atomic E-state index is 13.1. The molecular formula is C80H156O17P2. The van der Waals surface area contributed by atoms with E-state index in [4.69, 9.17) is 37.0 Å². The van der Waals surface area contributed by atoms with Crippen LogP contribution in [0, 0.1) is 11.8 Å². The summed E-state index contributed by atoms with van der Waals surface area (Å²) in [6.45, 7) is 9.65. The summed E-state index contributed by atoms with van der Waals surface area (Å²) in [5, 5.41) is 10.6. The summed E-state index contributed by atoms with van der Waals surface area (Å²) < 4.78 is 68.7. The Morgan fingerprint density at radius 1 is 0.293 bits per heavy atom. The highest BCUT2D eigenvalue weighted by Crippen LogP contribution is 2.45. The summed E-state index contributed by atoms with van der Waals surface area (Å²) in [5.74, 6) is -0.548. The molecule has 0 aromatic carbocycles. The first-order valence-electron chi connectivity index (χ1n) is 41.5. The molecule has 0 aromatic heterocycles. The second-order valence-electron chi connectivity index (χ2n) is 29.5. The van der Waals surface area contributed by atoms with Gasteiger partial charge in [-0.3, -0.25) is 37.3 Å². The quantitative estimate of drug-likeness (QED) is 0.0222. The summed E-state index contributed by atoms with van der Waals surface area (Å²) in [6.07, 6.45) is 60.9. The van der Waals surface area contributed by atoms with Crippen LogP contribution in [0.25, 0.3) is 0 Å². The number of carbonyl (C=O) groups excluding carboxylic acids is 4. The average molecular weight is 1450 g/mol. The Balaban J connectivity index is 5.24. The summed E-state index contributed by atoms with van der Waals surface area (Å²) in [5.41, 5.74) is 0. The van der Waals surface area contributed by atoms with E-state index in [9.17, 15) is 43.2 Å². The molecule has 588 valence electrons. The molecule has 0 aliphatic rings. The number of aliphatic hydroxyl groups is 1. The molecule has 0 radical (unpaired) electrons. The van der Waals surface area contributed by atoms with Gasteiger partial charge in [0.25, 0.3) is 0 Å². The van der Waals surface area contributed by atoms with E-state index in [-0.39, 0.29) is 25.7 Å². The second-order valence-corrected chi connectivity index (χ2v) is 32.4. The van der Waals surface area contributed by atoms with Crippen LogP contribution in [0.2, 0.25) is 0 Å². The van der Waals surface area contributed by atoms with Crippen LogP contribution in [0.15, 0.2) is 0 Å². The van der Waals surface area contributed by atoms with E-state index in [1.54, 1.807) is 0 Å². The summed E-state index contributed by atoms with van der Waals surface area (Å²) >= 11 is 0. The first-order valence-corrected chi connectivity index (χ1v) is 44.5. The maximum Gasteiger partial charge on any atom is 0.472 e. The van der Waals surface area contributed by atoms with E-state index in [2.05, 4.69) is 41.5 Å². The van der Waals surface area contributed by atoms with Crippen molar-refractivity contribution in [3.05, 3.63) is 0 Å². The molecule has 99 heavy (non-hydrogen) atoms. The fourth-order valence-corrected chi connectivity index (χ4v) is 13.9. The lowest BCUT2D eigenvalue weighted by atomic mass is 9.99. The molecule has 0 heterocycles. The van der Waals surface area contributed by atoms with Crippen LogP contribution in [-0.4, -0.2) is 96.7 Å². The van der Waals surface area contributed by atoms with Crippen molar-refractivity contribution in [3.63, 3.8) is 0 Å². The van der Waals surface area contributed by atoms with Crippen LogP contribution in [0.5, 0.6) is 0 Å². The standard InChI is InChI=1S/C80H156O17P2/c1-7-10-12-14-16-18-20-22-23-24-25-26-27-28-29-31-40-46-52-58-64-79(84)96-75(69-91-78(83)63-57-51-45-39-35-33-37-43-49-55-61-73(6)9-3)70-94-98(86,87)92-66-74(81)67-93-99(88,89)95-71-76(68-90-77(82)62-56-50-44-38-30-21-19-17-15-13-11-8-2)97-80(85)65-59-53-47-41-34-32-36-42-48-54-60-72(4)5/h72-76,81H,7-71H2,1-6H3,(H,86,87)(H,88,89)/t73?,74-,75-,76-/m1/s1. The number of esters is 4. The zero-order valence-electron chi connectivity index (χ0n) is 64.8. The number of hydrogen-bond donors (Lipinski definition) is 3. The number of rotatable bonds is 79. The Morgan fingerprint density at radius 3 is 0.768 bits per heavy atom. The smallest absolute Gasteiger partial charge is 0.462 e. The molecule has 0 rings (SSSR count). The first kappa shape index (κ1) is 97.1. The highest BCUT2D eigenvalue weighted by atomic mass is 31.2. The van der Waals surface area contributed by atoms with Gasteiger partial charge in [-0.25, -0.2) is 9.13 Å². The van der Waals surface area contributed by atoms with Crippen molar-refractivity contribution >= 4 is 39.5 Å². The first-order chi connectivity index (χ1) is 47.9. The van der Waals surface area contributed by atoms with Crippen LogP contribution in [0.1, 0.15) is 420 Å². The van der Waals surface area contributed by atoms with E-state index >= 15 is 0 Å². The van der Waals surface area contributed by atoms with E-state index in [0.29, 0.717) is 25.7 Å². The summed E-state index contributed by atoms with van der Waals surface area (Å²) in [6, 6.07) is 0. The van der Waals surface area contributed by atoms with Gasteiger partial charge in [0.1, 0.15) is 19.3 Å². The van der Waals surface area contributed by atoms with Crippen molar-refractivity contribution in [1.29, 1.82) is 0 Å². The number of unbranched alkanes of at least 4 members (excludes halogenated alkanes) is 48. The van der Waals surface area contributed by atoms with Crippen molar-refractivity contribution < 1.29 is 80.2 Å². The third kappa shape index (κ3) is 72.8. The van der Waals surface area contributed by atoms with Crippen molar-refractivity contribution in [3.8, 4) is 0 Å². The Labute approximate surface area is 607 Å². The molecule has 0 aromatic rings. The van der Waals surface area contributed by atoms with Gasteiger partial charge >= 0.3 is 39.5 Å². The Morgan fingerprint density at radius 2 is 0.515 bits per heavy atom. The minimum atomic E-state index is -4.96. The van der Waals surface area contributed by atoms with Crippen molar-refractivity contribution in [2.45, 2.75) is 439 Å². The van der Waals surface area contributed by atoms with Gasteiger partial charge in [-0.1, -0.05) is 369 Å². The number of ether oxygens (including phenoxy) is 4. The van der Waals surface area contributed by atoms with Gasteiger partial charge in [0, 0.05) is 25.7 Å². The van der Waals surface area contributed by atoms with Gasteiger partial charge in [0.15, 0.2) is 12.2 Å². The summed E-state index contributed by atoms with van der Waals surface area (Å²) in [7, 11) is -9.92. The van der Waals surface area contributed by atoms with Crippen LogP contribution in [0.3, 0.4) is 0 Å². The van der Waals surface area contributed by atoms with E-state index < -0.39 is 97.5 Å². The van der Waals surface area contributed by atoms with Gasteiger partial charge in [-0.2, -0.15) is 0 Å². The molecule has 0 fully saturated rings. The largest absolute Gasteiger partial charge is 0.472 e. The molecule has 0 saturated heterocycles. The molecule has 0 spiro atoms. The third-order valence-corrected chi connectivity index (χ3v) is 21.0. The number of aliphatic hydroxyl groups excluding tert-OH is 1. The highest BCUT2D eigenvalue weighted by Gasteiger charge is 2.30. The van der Waals surface area contributed by atoms with Crippen LogP contribution in [0.4, 0.5) is 0 Å². The lowest BCUT2D eigenvalue weighted by Crippen LogP contribution is -2.30. The SMILES string of the molecule is CCCCCCCCCCCCCCCCCCCCCCC(=O)O[C@H](COC(=O)CCCCCCCCCCCCC(C)CC)COP(=O)(O)OC[C@@H](O)COP(=O)(O)OC[C@@H](COC(=O)CCCCCCCCCCCCCC)OC(=O)CCCCCCCCCCCCC(C)C. The number of hydrogen-bond acceptors (Lipinski definition) is 15. The molecule has 19 heteroatoms. The van der Waals surface area contributed by atoms with E-state index in [0.717, 1.165) is 102 Å². The Kier molecular flexibility index (Phi) is 70.3. The van der Waals surface area contributed by atoms with Crippen molar-refractivity contribution in [2.24, 2.45) is 11.8 Å². The van der Waals surface area contributed by atoms with Crippen molar-refractivity contribution in [2.75, 3.05) is 39.6 Å². The normalized spacial score (nSPS) is 14.2. The fraction of sp³-hybridized carbons (Fsp3) is 0.950. The van der Waals surface area contributed by atoms with Gasteiger partial charge in [0.2, 0.25) is 0 Å². The molecule has 3 unspecified atom stereocenters. The minimum absolute atomic E-state index is 0.106. The van der Waals surface area contributed by atoms with Crippen LogP contribution < -0.4 is 0 Å². The lowest BCUT2D eigenvalue weighted by Gasteiger charge is -2.21. The summed E-state index contributed by atoms with van der Waals surface area (Å²) in [4.78, 5) is 73.0. The average Bonchev–Trinajstić information content (AvgIpc) is 1.04. The molecule has 17 nitrogen and oxygen atoms in total. The van der Waals surface area contributed by atoms with Crippen molar-refractivity contribution in [1.82, 2.24) is 0 Å². The Bertz CT molecular complexity index is 1910. The maximum absolute atomic E-state index is 13.1. The minimum Gasteiger partial charge on any atom is -0.462 e. The number of phosphoric acid groups is 2. The topological polar surface area (TPSA) is 237 Å². The van der Waals surface area contributed by atoms with Gasteiger partial charge in [-0.15, -0.1) is 0 Å². The molecule has 0 amide bonds. The third-order valence-electron chi connectivity index (χ3n) is 19.1. The molecular weight excluding hydrogens is 1290 g/mol. The molecule has 0 aliphatic heterocycles. The predicted molar refractivity (Wildman–Crippen MR) is 405 cm³/mol. The van der Waals surface area contributed by atoms with Gasteiger partial charge < -0.3 is 33.8 Å². The predicted octanol–water partition coefficient (Wildman–Crippen LogP) is 23.9. The highest BCUT2D eigenvalue weighted by molar-refractivity contribution is 7.47. The van der Waals surface area contributed by atoms with Gasteiger partial charge in [0.05, 0.1) is 26.4 Å². The van der Waals surface area contributed by atoms with E-state index in [1.165, 1.54) is 238 Å². The fourth-order valence-electron chi connectivity index (χ4n) is 12.3. The zero-order chi connectivity index (χ0) is 72.8. The molecule has 6 atom stereocenters. The molecule has 0 saturated carbocycles. The monoisotopic (exact) mass is 1450 g/mol. The Hall–Kier alpha value is -1.94. The lowest BCUT2D eigenvalue weighted by molar-refractivity contribution is -0.161. The molecule has 0 aliphatic carbocycles. The second kappa shape index (κ2) is 71.7.